The lowest BCUT2D eigenvalue weighted by atomic mass is 9.99. The van der Waals surface area contributed by atoms with Crippen molar-refractivity contribution in [1.82, 2.24) is 14.9 Å². The van der Waals surface area contributed by atoms with Crippen LogP contribution >= 0.6 is 0 Å². The number of nitrogens with one attached hydrogen (secondary N) is 2. The van der Waals surface area contributed by atoms with Crippen LogP contribution < -0.4 is 10.1 Å². The van der Waals surface area contributed by atoms with E-state index in [1.165, 1.54) is 12.8 Å². The number of benzene rings is 1. The van der Waals surface area contributed by atoms with Gasteiger partial charge in [0.15, 0.2) is 0 Å². The maximum Gasteiger partial charge on any atom is 0.254 e. The summed E-state index contributed by atoms with van der Waals surface area (Å²) in [5.74, 6) is 0.678. The number of aromatic nitrogens is 2. The summed E-state index contributed by atoms with van der Waals surface area (Å²) < 4.78 is 11.1. The van der Waals surface area contributed by atoms with E-state index >= 15 is 0 Å². The summed E-state index contributed by atoms with van der Waals surface area (Å²) in [4.78, 5) is 22.6. The molecule has 0 atom stereocenters. The minimum atomic E-state index is 0.00883. The summed E-state index contributed by atoms with van der Waals surface area (Å²) in [6.07, 6.45) is 6.22. The quantitative estimate of drug-likeness (QED) is 0.677. The Hall–Kier alpha value is -3.06. The second-order valence-corrected chi connectivity index (χ2v) is 7.98. The number of amides is 1. The minimum absolute atomic E-state index is 0.00883. The molecule has 1 aromatic carbocycles. The summed E-state index contributed by atoms with van der Waals surface area (Å²) in [6, 6.07) is 6.18. The molecule has 2 fully saturated rings. The average Bonchev–Trinajstić information content (AvgIpc) is 3.53. The lowest BCUT2D eigenvalue weighted by molar-refractivity contribution is 0.0302. The second kappa shape index (κ2) is 7.65. The number of rotatable bonds is 5. The van der Waals surface area contributed by atoms with Crippen LogP contribution in [-0.4, -0.2) is 60.2 Å². The molecule has 2 aliphatic rings. The van der Waals surface area contributed by atoms with Crippen LogP contribution in [0.25, 0.3) is 22.2 Å². The molecular formula is C23H26N4O3. The van der Waals surface area contributed by atoms with Crippen molar-refractivity contribution in [3.8, 4) is 16.9 Å². The van der Waals surface area contributed by atoms with E-state index in [1.807, 2.05) is 35.5 Å². The number of methoxy groups -OCH3 is 1. The fourth-order valence-electron chi connectivity index (χ4n) is 4.04. The van der Waals surface area contributed by atoms with Gasteiger partial charge in [0.2, 0.25) is 0 Å². The van der Waals surface area contributed by atoms with Crippen molar-refractivity contribution in [3.05, 3.63) is 41.7 Å². The number of carbonyl (C=O) groups excluding carboxylic acids is 1. The van der Waals surface area contributed by atoms with Gasteiger partial charge in [-0.05, 0) is 43.5 Å². The molecule has 30 heavy (non-hydrogen) atoms. The van der Waals surface area contributed by atoms with E-state index in [1.54, 1.807) is 7.11 Å². The molecule has 1 aliphatic heterocycles. The second-order valence-electron chi connectivity index (χ2n) is 7.98. The van der Waals surface area contributed by atoms with Crippen LogP contribution in [-0.2, 0) is 4.74 Å². The number of fused-ring (bicyclic) bond motifs is 1. The van der Waals surface area contributed by atoms with Crippen LogP contribution in [0.2, 0.25) is 0 Å². The molecule has 0 radical (unpaired) electrons. The van der Waals surface area contributed by atoms with E-state index in [0.717, 1.165) is 33.4 Å². The number of aryl methyl sites for hydroxylation is 1. The van der Waals surface area contributed by atoms with Gasteiger partial charge in [-0.3, -0.25) is 4.79 Å². The van der Waals surface area contributed by atoms with Crippen LogP contribution in [0.15, 0.2) is 30.6 Å². The van der Waals surface area contributed by atoms with Gasteiger partial charge in [0, 0.05) is 53.6 Å². The Balaban J connectivity index is 1.57. The molecule has 2 aromatic heterocycles. The van der Waals surface area contributed by atoms with Crippen LogP contribution in [0.5, 0.6) is 5.75 Å². The molecule has 0 spiro atoms. The van der Waals surface area contributed by atoms with Crippen LogP contribution in [0, 0.1) is 6.92 Å². The van der Waals surface area contributed by atoms with Gasteiger partial charge in [0.25, 0.3) is 5.91 Å². The first-order chi connectivity index (χ1) is 14.7. The summed E-state index contributed by atoms with van der Waals surface area (Å²) in [6.45, 7) is 4.48. The van der Waals surface area contributed by atoms with Crippen LogP contribution in [0.1, 0.15) is 28.8 Å². The van der Waals surface area contributed by atoms with Gasteiger partial charge in [-0.15, -0.1) is 0 Å². The third kappa shape index (κ3) is 3.39. The van der Waals surface area contributed by atoms with E-state index in [9.17, 15) is 4.79 Å². The summed E-state index contributed by atoms with van der Waals surface area (Å²) >= 11 is 0. The molecule has 3 heterocycles. The van der Waals surface area contributed by atoms with Crippen molar-refractivity contribution < 1.29 is 14.3 Å². The maximum absolute atomic E-state index is 12.9. The standard InChI is InChI=1S/C23H26N4O3/c1-14-12-24-22-20(14)21(26-16-4-5-16)18(13-25-22)17-6-3-15(11-19(17)29-2)23(28)27-7-9-30-10-8-27/h3,6,11-13,16H,4-5,7-10H2,1-2H3,(H2,24,25,26). The number of morpholine rings is 1. The molecule has 7 nitrogen and oxygen atoms in total. The molecule has 3 aromatic rings. The van der Waals surface area contributed by atoms with E-state index < -0.39 is 0 Å². The molecule has 7 heteroatoms. The normalized spacial score (nSPS) is 16.7. The molecule has 2 N–H and O–H groups in total. The fourth-order valence-corrected chi connectivity index (χ4v) is 4.04. The highest BCUT2D eigenvalue weighted by molar-refractivity contribution is 6.02. The molecular weight excluding hydrogens is 380 g/mol. The molecule has 1 saturated heterocycles. The van der Waals surface area contributed by atoms with Crippen LogP contribution in [0.3, 0.4) is 0 Å². The average molecular weight is 406 g/mol. The Morgan fingerprint density at radius 3 is 2.80 bits per heavy atom. The number of pyridine rings is 1. The Morgan fingerprint density at radius 1 is 1.27 bits per heavy atom. The maximum atomic E-state index is 12.9. The van der Waals surface area contributed by atoms with E-state index in [4.69, 9.17) is 9.47 Å². The number of ether oxygens (including phenoxy) is 2. The summed E-state index contributed by atoms with van der Waals surface area (Å²) in [7, 11) is 1.64. The molecule has 0 unspecified atom stereocenters. The van der Waals surface area contributed by atoms with Gasteiger partial charge in [0.1, 0.15) is 11.4 Å². The number of hydrogen-bond acceptors (Lipinski definition) is 5. The van der Waals surface area contributed by atoms with Crippen molar-refractivity contribution in [2.45, 2.75) is 25.8 Å². The third-order valence-electron chi connectivity index (χ3n) is 5.86. The number of carbonyl (C=O) groups is 1. The zero-order chi connectivity index (χ0) is 20.7. The van der Waals surface area contributed by atoms with Crippen molar-refractivity contribution in [1.29, 1.82) is 0 Å². The van der Waals surface area contributed by atoms with Crippen molar-refractivity contribution in [2.75, 3.05) is 38.7 Å². The van der Waals surface area contributed by atoms with Crippen LogP contribution in [0.4, 0.5) is 5.69 Å². The first kappa shape index (κ1) is 18.9. The monoisotopic (exact) mass is 406 g/mol. The Morgan fingerprint density at radius 2 is 2.07 bits per heavy atom. The molecule has 1 saturated carbocycles. The highest BCUT2D eigenvalue weighted by atomic mass is 16.5. The fraction of sp³-hybridized carbons (Fsp3) is 0.391. The Kier molecular flexibility index (Phi) is 4.83. The van der Waals surface area contributed by atoms with Gasteiger partial charge < -0.3 is 24.7 Å². The SMILES string of the molecule is COc1cc(C(=O)N2CCOCC2)ccc1-c1cnc2[nH]cc(C)c2c1NC1CC1. The highest BCUT2D eigenvalue weighted by Crippen LogP contribution is 2.41. The van der Waals surface area contributed by atoms with E-state index in [-0.39, 0.29) is 5.91 Å². The first-order valence-corrected chi connectivity index (χ1v) is 10.4. The Bertz CT molecular complexity index is 1100. The summed E-state index contributed by atoms with van der Waals surface area (Å²) in [5.41, 5.74) is 5.64. The van der Waals surface area contributed by atoms with E-state index in [2.05, 4.69) is 22.2 Å². The number of hydrogen-bond donors (Lipinski definition) is 2. The predicted octanol–water partition coefficient (Wildman–Crippen LogP) is 3.59. The highest BCUT2D eigenvalue weighted by Gasteiger charge is 2.26. The third-order valence-corrected chi connectivity index (χ3v) is 5.86. The number of aromatic amines is 1. The predicted molar refractivity (Wildman–Crippen MR) is 116 cm³/mol. The molecule has 1 amide bonds. The molecule has 1 aliphatic carbocycles. The number of H-pyrrole nitrogens is 1. The topological polar surface area (TPSA) is 79.5 Å². The molecule has 156 valence electrons. The van der Waals surface area contributed by atoms with Gasteiger partial charge in [-0.25, -0.2) is 4.98 Å². The van der Waals surface area contributed by atoms with Gasteiger partial charge in [-0.2, -0.15) is 0 Å². The minimum Gasteiger partial charge on any atom is -0.496 e. The lowest BCUT2D eigenvalue weighted by Crippen LogP contribution is -2.40. The molecule has 0 bridgehead atoms. The number of anilines is 1. The number of nitrogens with zero attached hydrogens (tertiary/aromatic N) is 2. The van der Waals surface area contributed by atoms with Crippen molar-refractivity contribution in [2.24, 2.45) is 0 Å². The van der Waals surface area contributed by atoms with Gasteiger partial charge in [-0.1, -0.05) is 0 Å². The van der Waals surface area contributed by atoms with E-state index in [0.29, 0.717) is 43.7 Å². The lowest BCUT2D eigenvalue weighted by Gasteiger charge is -2.27. The summed E-state index contributed by atoms with van der Waals surface area (Å²) in [5, 5.41) is 4.80. The van der Waals surface area contributed by atoms with Gasteiger partial charge >= 0.3 is 0 Å². The van der Waals surface area contributed by atoms with Crippen molar-refractivity contribution >= 4 is 22.6 Å². The van der Waals surface area contributed by atoms with Gasteiger partial charge in [0.05, 0.1) is 26.0 Å². The largest absolute Gasteiger partial charge is 0.496 e. The van der Waals surface area contributed by atoms with Crippen molar-refractivity contribution in [3.63, 3.8) is 0 Å². The Labute approximate surface area is 175 Å². The molecule has 5 rings (SSSR count). The zero-order valence-electron chi connectivity index (χ0n) is 17.3. The zero-order valence-corrected chi connectivity index (χ0v) is 17.3. The smallest absolute Gasteiger partial charge is 0.254 e. The first-order valence-electron chi connectivity index (χ1n) is 10.4.